The first kappa shape index (κ1) is 20.2. The van der Waals surface area contributed by atoms with E-state index in [1.165, 1.54) is 25.3 Å². The molecule has 1 amide bonds. The lowest BCUT2D eigenvalue weighted by Crippen LogP contribution is -2.30. The molecule has 140 valence electrons. The van der Waals surface area contributed by atoms with E-state index in [0.717, 1.165) is 5.56 Å². The van der Waals surface area contributed by atoms with E-state index in [2.05, 4.69) is 10.0 Å². The molecule has 0 aliphatic carbocycles. The lowest BCUT2D eigenvalue weighted by atomic mass is 10.2. The number of benzene rings is 2. The molecule has 0 saturated carbocycles. The Labute approximate surface area is 158 Å². The molecule has 0 bridgehead atoms. The Bertz CT molecular complexity index is 881. The van der Waals surface area contributed by atoms with E-state index in [-0.39, 0.29) is 34.7 Å². The standard InChI is InChI=1S/C18H21ClN2O4S/c1-12(2)21-18(22)14-6-9-16(25-3)17(10-14)26(23,24)20-11-13-4-7-15(19)8-5-13/h4-10,12,20H,11H2,1-3H3,(H,21,22). The van der Waals surface area contributed by atoms with Crippen LogP contribution in [-0.2, 0) is 16.6 Å². The van der Waals surface area contributed by atoms with Crippen LogP contribution in [0.25, 0.3) is 0 Å². The lowest BCUT2D eigenvalue weighted by Gasteiger charge is -2.13. The molecule has 8 heteroatoms. The van der Waals surface area contributed by atoms with Crippen molar-refractivity contribution in [3.63, 3.8) is 0 Å². The van der Waals surface area contributed by atoms with Crippen molar-refractivity contribution in [3.8, 4) is 5.75 Å². The number of hydrogen-bond acceptors (Lipinski definition) is 4. The Balaban J connectivity index is 2.28. The molecule has 0 aromatic heterocycles. The highest BCUT2D eigenvalue weighted by molar-refractivity contribution is 7.89. The zero-order chi connectivity index (χ0) is 19.3. The molecule has 0 unspecified atom stereocenters. The minimum Gasteiger partial charge on any atom is -0.495 e. The summed E-state index contributed by atoms with van der Waals surface area (Å²) in [6.45, 7) is 3.74. The highest BCUT2D eigenvalue weighted by Gasteiger charge is 2.21. The number of ether oxygens (including phenoxy) is 1. The van der Waals surface area contributed by atoms with Crippen LogP contribution >= 0.6 is 11.6 Å². The first-order chi connectivity index (χ1) is 12.2. The summed E-state index contributed by atoms with van der Waals surface area (Å²) >= 11 is 5.83. The van der Waals surface area contributed by atoms with E-state index in [1.807, 2.05) is 13.8 Å². The zero-order valence-corrected chi connectivity index (χ0v) is 16.3. The number of hydrogen-bond donors (Lipinski definition) is 2. The Morgan fingerprint density at radius 2 is 1.81 bits per heavy atom. The van der Waals surface area contributed by atoms with Gasteiger partial charge in [0.1, 0.15) is 10.6 Å². The van der Waals surface area contributed by atoms with E-state index >= 15 is 0 Å². The number of nitrogens with one attached hydrogen (secondary N) is 2. The summed E-state index contributed by atoms with van der Waals surface area (Å²) in [7, 11) is -2.51. The lowest BCUT2D eigenvalue weighted by molar-refractivity contribution is 0.0943. The minimum atomic E-state index is -3.88. The van der Waals surface area contributed by atoms with Gasteiger partial charge < -0.3 is 10.1 Å². The van der Waals surface area contributed by atoms with Crippen LogP contribution in [0.5, 0.6) is 5.75 Å². The van der Waals surface area contributed by atoms with Gasteiger partial charge in [0.25, 0.3) is 5.91 Å². The molecule has 0 radical (unpaired) electrons. The quantitative estimate of drug-likeness (QED) is 0.753. The van der Waals surface area contributed by atoms with Crippen LogP contribution in [0.1, 0.15) is 29.8 Å². The van der Waals surface area contributed by atoms with Crippen LogP contribution < -0.4 is 14.8 Å². The maximum absolute atomic E-state index is 12.7. The van der Waals surface area contributed by atoms with Gasteiger partial charge in [-0.05, 0) is 49.7 Å². The Kier molecular flexibility index (Phi) is 6.63. The number of methoxy groups -OCH3 is 1. The summed E-state index contributed by atoms with van der Waals surface area (Å²) in [4.78, 5) is 12.1. The number of carbonyl (C=O) groups is 1. The molecular weight excluding hydrogens is 376 g/mol. The van der Waals surface area contributed by atoms with Gasteiger partial charge in [-0.3, -0.25) is 4.79 Å². The molecule has 0 aliphatic heterocycles. The molecule has 0 heterocycles. The predicted molar refractivity (Wildman–Crippen MR) is 101 cm³/mol. The van der Waals surface area contributed by atoms with E-state index in [4.69, 9.17) is 16.3 Å². The van der Waals surface area contributed by atoms with Gasteiger partial charge in [0.15, 0.2) is 0 Å². The van der Waals surface area contributed by atoms with E-state index in [0.29, 0.717) is 5.02 Å². The van der Waals surface area contributed by atoms with Crippen molar-refractivity contribution in [1.29, 1.82) is 0 Å². The van der Waals surface area contributed by atoms with Crippen molar-refractivity contribution in [2.24, 2.45) is 0 Å². The van der Waals surface area contributed by atoms with Gasteiger partial charge in [-0.1, -0.05) is 23.7 Å². The predicted octanol–water partition coefficient (Wildman–Crippen LogP) is 2.97. The van der Waals surface area contributed by atoms with Crippen molar-refractivity contribution in [2.75, 3.05) is 7.11 Å². The number of amides is 1. The minimum absolute atomic E-state index is 0.0623. The summed E-state index contributed by atoms with van der Waals surface area (Å²) in [6, 6.07) is 11.1. The second-order valence-electron chi connectivity index (χ2n) is 5.94. The molecule has 26 heavy (non-hydrogen) atoms. The normalized spacial score (nSPS) is 11.4. The van der Waals surface area contributed by atoms with E-state index in [9.17, 15) is 13.2 Å². The molecular formula is C18H21ClN2O4S. The van der Waals surface area contributed by atoms with Crippen molar-refractivity contribution >= 4 is 27.5 Å². The second-order valence-corrected chi connectivity index (χ2v) is 8.12. The average molecular weight is 397 g/mol. The van der Waals surface area contributed by atoms with Crippen molar-refractivity contribution < 1.29 is 17.9 Å². The summed E-state index contributed by atoms with van der Waals surface area (Å²) < 4.78 is 33.1. The van der Waals surface area contributed by atoms with Gasteiger partial charge in [-0.25, -0.2) is 13.1 Å². The SMILES string of the molecule is COc1ccc(C(=O)NC(C)C)cc1S(=O)(=O)NCc1ccc(Cl)cc1. The number of halogens is 1. The maximum Gasteiger partial charge on any atom is 0.251 e. The highest BCUT2D eigenvalue weighted by Crippen LogP contribution is 2.25. The third-order valence-electron chi connectivity index (χ3n) is 3.51. The fourth-order valence-electron chi connectivity index (χ4n) is 2.23. The Morgan fingerprint density at radius 1 is 1.15 bits per heavy atom. The van der Waals surface area contributed by atoms with Crippen molar-refractivity contribution in [3.05, 3.63) is 58.6 Å². The third kappa shape index (κ3) is 5.20. The summed E-state index contributed by atoms with van der Waals surface area (Å²) in [6.07, 6.45) is 0. The smallest absolute Gasteiger partial charge is 0.251 e. The topological polar surface area (TPSA) is 84.5 Å². The van der Waals surface area contributed by atoms with E-state index in [1.54, 1.807) is 24.3 Å². The van der Waals surface area contributed by atoms with Gasteiger partial charge in [-0.15, -0.1) is 0 Å². The molecule has 0 aliphatic rings. The average Bonchev–Trinajstić information content (AvgIpc) is 2.60. The zero-order valence-electron chi connectivity index (χ0n) is 14.7. The Hall–Kier alpha value is -2.09. The molecule has 0 spiro atoms. The van der Waals surface area contributed by atoms with Crippen molar-refractivity contribution in [1.82, 2.24) is 10.0 Å². The molecule has 2 N–H and O–H groups in total. The van der Waals surface area contributed by atoms with Gasteiger partial charge in [0.05, 0.1) is 7.11 Å². The molecule has 0 saturated heterocycles. The molecule has 2 aromatic rings. The summed E-state index contributed by atoms with van der Waals surface area (Å²) in [5.74, 6) is -0.188. The largest absolute Gasteiger partial charge is 0.495 e. The molecule has 2 aromatic carbocycles. The van der Waals surface area contributed by atoms with Crippen LogP contribution in [0.4, 0.5) is 0 Å². The van der Waals surface area contributed by atoms with E-state index < -0.39 is 10.0 Å². The van der Waals surface area contributed by atoms with Gasteiger partial charge in [-0.2, -0.15) is 0 Å². The third-order valence-corrected chi connectivity index (χ3v) is 5.19. The number of rotatable bonds is 7. The fourth-order valence-corrected chi connectivity index (χ4v) is 3.57. The first-order valence-electron chi connectivity index (χ1n) is 7.96. The highest BCUT2D eigenvalue weighted by atomic mass is 35.5. The number of sulfonamides is 1. The van der Waals surface area contributed by atoms with Crippen molar-refractivity contribution in [2.45, 2.75) is 31.3 Å². The van der Waals surface area contributed by atoms with Crippen LogP contribution in [-0.4, -0.2) is 27.5 Å². The second kappa shape index (κ2) is 8.53. The number of carbonyl (C=O) groups excluding carboxylic acids is 1. The van der Waals surface area contributed by atoms with Crippen LogP contribution in [0.3, 0.4) is 0 Å². The van der Waals surface area contributed by atoms with Gasteiger partial charge in [0.2, 0.25) is 10.0 Å². The van der Waals surface area contributed by atoms with Gasteiger partial charge in [0, 0.05) is 23.2 Å². The van der Waals surface area contributed by atoms with Gasteiger partial charge >= 0.3 is 0 Å². The first-order valence-corrected chi connectivity index (χ1v) is 9.82. The van der Waals surface area contributed by atoms with Crippen LogP contribution in [0.2, 0.25) is 5.02 Å². The maximum atomic E-state index is 12.7. The molecule has 2 rings (SSSR count). The van der Waals surface area contributed by atoms with Crippen LogP contribution in [0.15, 0.2) is 47.4 Å². The monoisotopic (exact) mass is 396 g/mol. The molecule has 6 nitrogen and oxygen atoms in total. The molecule has 0 atom stereocenters. The summed E-state index contributed by atoms with van der Waals surface area (Å²) in [5.41, 5.74) is 0.997. The fraction of sp³-hybridized carbons (Fsp3) is 0.278. The van der Waals surface area contributed by atoms with Crippen LogP contribution in [0, 0.1) is 0 Å². The Morgan fingerprint density at radius 3 is 2.38 bits per heavy atom. The summed E-state index contributed by atoms with van der Waals surface area (Å²) in [5, 5.41) is 3.30. The molecule has 0 fully saturated rings.